The van der Waals surface area contributed by atoms with Crippen LogP contribution in [0.1, 0.15) is 16.6 Å². The molecule has 0 aliphatic heterocycles. The molecule has 1 atom stereocenters. The minimum atomic E-state index is -2.13. The Bertz CT molecular complexity index is 335. The molecule has 1 unspecified atom stereocenters. The van der Waals surface area contributed by atoms with Crippen molar-refractivity contribution in [2.24, 2.45) is 0 Å². The van der Waals surface area contributed by atoms with Crippen LogP contribution in [0.3, 0.4) is 0 Å². The molecule has 0 aromatic carbocycles. The molecule has 1 N–H and O–H groups in total. The molecular formula is C6H7NO4S2. The predicted molar refractivity (Wildman–Crippen MR) is 47.1 cm³/mol. The number of nitrogens with zero attached hydrogens (tertiary/aromatic N) is 1. The molecule has 1 aromatic rings. The summed E-state index contributed by atoms with van der Waals surface area (Å²) < 4.78 is 23.8. The van der Waals surface area contributed by atoms with Crippen LogP contribution >= 0.6 is 11.3 Å². The SMILES string of the molecule is CCOC(=O)c1cnc(S(=O)O)s1. The van der Waals surface area contributed by atoms with Gasteiger partial charge in [-0.3, -0.25) is 0 Å². The molecule has 0 aliphatic rings. The number of carbonyl (C=O) groups is 1. The van der Waals surface area contributed by atoms with Crippen molar-refractivity contribution in [3.8, 4) is 0 Å². The summed E-state index contributed by atoms with van der Waals surface area (Å²) in [6, 6.07) is 0. The van der Waals surface area contributed by atoms with E-state index in [1.165, 1.54) is 6.20 Å². The third-order valence-corrected chi connectivity index (χ3v) is 2.96. The first-order valence-corrected chi connectivity index (χ1v) is 5.31. The summed E-state index contributed by atoms with van der Waals surface area (Å²) in [7, 11) is 0. The maximum absolute atomic E-state index is 11.0. The summed E-state index contributed by atoms with van der Waals surface area (Å²) >= 11 is -1.28. The van der Waals surface area contributed by atoms with E-state index in [4.69, 9.17) is 4.55 Å². The summed E-state index contributed by atoms with van der Waals surface area (Å²) in [6.45, 7) is 1.96. The second-order valence-electron chi connectivity index (χ2n) is 1.96. The minimum absolute atomic E-state index is 0.00283. The highest BCUT2D eigenvalue weighted by Crippen LogP contribution is 2.16. The lowest BCUT2D eigenvalue weighted by Gasteiger charge is -1.95. The van der Waals surface area contributed by atoms with Gasteiger partial charge in [-0.05, 0) is 6.92 Å². The Morgan fingerprint density at radius 2 is 2.54 bits per heavy atom. The molecule has 0 spiro atoms. The van der Waals surface area contributed by atoms with Crippen molar-refractivity contribution in [3.63, 3.8) is 0 Å². The van der Waals surface area contributed by atoms with E-state index >= 15 is 0 Å². The summed E-state index contributed by atoms with van der Waals surface area (Å²) in [5.74, 6) is -0.517. The molecule has 0 saturated carbocycles. The number of esters is 1. The van der Waals surface area contributed by atoms with Crippen LogP contribution in [0.5, 0.6) is 0 Å². The number of aromatic nitrogens is 1. The zero-order valence-electron chi connectivity index (χ0n) is 6.72. The van der Waals surface area contributed by atoms with Gasteiger partial charge in [0.05, 0.1) is 12.8 Å². The van der Waals surface area contributed by atoms with Crippen LogP contribution < -0.4 is 0 Å². The number of thiazole rings is 1. The summed E-state index contributed by atoms with van der Waals surface area (Å²) in [4.78, 5) is 14.9. The van der Waals surface area contributed by atoms with E-state index < -0.39 is 17.0 Å². The molecule has 72 valence electrons. The van der Waals surface area contributed by atoms with Crippen molar-refractivity contribution in [1.29, 1.82) is 0 Å². The molecule has 13 heavy (non-hydrogen) atoms. The smallest absolute Gasteiger partial charge is 0.349 e. The normalized spacial score (nSPS) is 12.5. The first-order chi connectivity index (χ1) is 6.15. The van der Waals surface area contributed by atoms with E-state index in [2.05, 4.69) is 9.72 Å². The third-order valence-electron chi connectivity index (χ3n) is 1.11. The van der Waals surface area contributed by atoms with E-state index in [0.717, 1.165) is 11.3 Å². The molecule has 0 fully saturated rings. The highest BCUT2D eigenvalue weighted by atomic mass is 32.2. The Balaban J connectivity index is 2.79. The molecule has 0 aliphatic carbocycles. The summed E-state index contributed by atoms with van der Waals surface area (Å²) in [6.07, 6.45) is 1.23. The zero-order chi connectivity index (χ0) is 9.84. The van der Waals surface area contributed by atoms with Crippen LogP contribution in [0.2, 0.25) is 0 Å². The minimum Gasteiger partial charge on any atom is -0.462 e. The van der Waals surface area contributed by atoms with Crippen LogP contribution in [-0.4, -0.2) is 26.3 Å². The molecule has 1 aromatic heterocycles. The molecule has 0 saturated heterocycles. The van der Waals surface area contributed by atoms with Gasteiger partial charge in [0, 0.05) is 0 Å². The first kappa shape index (κ1) is 10.3. The van der Waals surface area contributed by atoms with Crippen molar-refractivity contribution in [2.75, 3.05) is 6.61 Å². The van der Waals surface area contributed by atoms with Crippen LogP contribution in [0, 0.1) is 0 Å². The van der Waals surface area contributed by atoms with Crippen molar-refractivity contribution >= 4 is 28.4 Å². The fourth-order valence-corrected chi connectivity index (χ4v) is 1.87. The maximum Gasteiger partial charge on any atom is 0.349 e. The Morgan fingerprint density at radius 3 is 3.00 bits per heavy atom. The summed E-state index contributed by atoms with van der Waals surface area (Å²) in [5, 5.41) is 0. The molecule has 0 radical (unpaired) electrons. The second-order valence-corrected chi connectivity index (χ2v) is 4.13. The molecule has 1 rings (SSSR count). The van der Waals surface area contributed by atoms with Gasteiger partial charge >= 0.3 is 5.97 Å². The Labute approximate surface area is 81.0 Å². The fourth-order valence-electron chi connectivity index (χ4n) is 0.635. The average Bonchev–Trinajstić information content (AvgIpc) is 2.52. The van der Waals surface area contributed by atoms with Crippen LogP contribution in [0.15, 0.2) is 10.5 Å². The van der Waals surface area contributed by atoms with Crippen molar-refractivity contribution < 1.29 is 18.3 Å². The van der Waals surface area contributed by atoms with Gasteiger partial charge in [-0.2, -0.15) is 0 Å². The zero-order valence-corrected chi connectivity index (χ0v) is 8.35. The fraction of sp³-hybridized carbons (Fsp3) is 0.333. The number of ether oxygens (including phenoxy) is 1. The van der Waals surface area contributed by atoms with Crippen molar-refractivity contribution in [3.05, 3.63) is 11.1 Å². The molecule has 1 heterocycles. The topological polar surface area (TPSA) is 76.5 Å². The molecular weight excluding hydrogens is 214 g/mol. The molecule has 0 amide bonds. The number of carbonyl (C=O) groups excluding carboxylic acids is 1. The quantitative estimate of drug-likeness (QED) is 0.606. The molecule has 7 heteroatoms. The number of rotatable bonds is 3. The Kier molecular flexibility index (Phi) is 3.52. The summed E-state index contributed by atoms with van der Waals surface area (Å²) in [5.41, 5.74) is 0. The highest BCUT2D eigenvalue weighted by molar-refractivity contribution is 7.81. The lowest BCUT2D eigenvalue weighted by Crippen LogP contribution is -2.01. The molecule has 0 bridgehead atoms. The van der Waals surface area contributed by atoms with Gasteiger partial charge in [-0.1, -0.05) is 11.3 Å². The third kappa shape index (κ3) is 2.58. The van der Waals surface area contributed by atoms with Crippen molar-refractivity contribution in [1.82, 2.24) is 4.98 Å². The van der Waals surface area contributed by atoms with Gasteiger partial charge in [0.15, 0.2) is 0 Å². The Morgan fingerprint density at radius 1 is 1.85 bits per heavy atom. The van der Waals surface area contributed by atoms with Crippen LogP contribution in [0.4, 0.5) is 0 Å². The number of hydrogen-bond acceptors (Lipinski definition) is 5. The van der Waals surface area contributed by atoms with Gasteiger partial charge in [0.25, 0.3) is 0 Å². The van der Waals surface area contributed by atoms with E-state index in [1.54, 1.807) is 6.92 Å². The van der Waals surface area contributed by atoms with Gasteiger partial charge in [0.1, 0.15) is 4.88 Å². The van der Waals surface area contributed by atoms with Crippen LogP contribution in [-0.2, 0) is 15.8 Å². The van der Waals surface area contributed by atoms with Gasteiger partial charge in [0.2, 0.25) is 15.4 Å². The lowest BCUT2D eigenvalue weighted by molar-refractivity contribution is 0.0532. The monoisotopic (exact) mass is 221 g/mol. The molecule has 5 nitrogen and oxygen atoms in total. The maximum atomic E-state index is 11.0. The van der Waals surface area contributed by atoms with Crippen LogP contribution in [0.25, 0.3) is 0 Å². The van der Waals surface area contributed by atoms with E-state index in [0.29, 0.717) is 0 Å². The lowest BCUT2D eigenvalue weighted by atomic mass is 10.6. The largest absolute Gasteiger partial charge is 0.462 e. The second kappa shape index (κ2) is 4.45. The van der Waals surface area contributed by atoms with Crippen molar-refractivity contribution in [2.45, 2.75) is 11.3 Å². The van der Waals surface area contributed by atoms with Gasteiger partial charge < -0.3 is 9.29 Å². The predicted octanol–water partition coefficient (Wildman–Crippen LogP) is 0.900. The van der Waals surface area contributed by atoms with E-state index in [1.807, 2.05) is 0 Å². The van der Waals surface area contributed by atoms with E-state index in [9.17, 15) is 9.00 Å². The van der Waals surface area contributed by atoms with Gasteiger partial charge in [-0.15, -0.1) is 0 Å². The highest BCUT2D eigenvalue weighted by Gasteiger charge is 2.13. The Hall–Kier alpha value is -0.790. The van der Waals surface area contributed by atoms with Gasteiger partial charge in [-0.25, -0.2) is 14.0 Å². The number of hydrogen-bond donors (Lipinski definition) is 1. The van der Waals surface area contributed by atoms with E-state index in [-0.39, 0.29) is 15.8 Å². The standard InChI is InChI=1S/C6H7NO4S2/c1-2-11-5(8)4-3-7-6(12-4)13(9)10/h3H,2H2,1H3,(H,9,10). The first-order valence-electron chi connectivity index (χ1n) is 3.39. The average molecular weight is 221 g/mol.